The van der Waals surface area contributed by atoms with Gasteiger partial charge in [0.2, 0.25) is 17.7 Å². The lowest BCUT2D eigenvalue weighted by Crippen LogP contribution is -2.34. The van der Waals surface area contributed by atoms with Gasteiger partial charge in [-0.25, -0.2) is 4.98 Å². The largest absolute Gasteiger partial charge is 0.477 e. The van der Waals surface area contributed by atoms with Crippen LogP contribution in [0.3, 0.4) is 0 Å². The minimum atomic E-state index is -0.483. The summed E-state index contributed by atoms with van der Waals surface area (Å²) in [5.41, 5.74) is 1.49. The lowest BCUT2D eigenvalue weighted by atomic mass is 10.2. The zero-order valence-corrected chi connectivity index (χ0v) is 16.4. The Balaban J connectivity index is 1.57. The summed E-state index contributed by atoms with van der Waals surface area (Å²) in [6.07, 6.45) is 2.62. The van der Waals surface area contributed by atoms with Crippen molar-refractivity contribution in [2.24, 2.45) is 0 Å². The summed E-state index contributed by atoms with van der Waals surface area (Å²) in [5.74, 6) is 0.124. The molecule has 142 valence electrons. The molecule has 2 aromatic rings. The van der Waals surface area contributed by atoms with E-state index in [0.29, 0.717) is 29.7 Å². The van der Waals surface area contributed by atoms with Crippen LogP contribution in [0.5, 0.6) is 5.88 Å². The Kier molecular flexibility index (Phi) is 6.58. The summed E-state index contributed by atoms with van der Waals surface area (Å²) in [5, 5.41) is 5.73. The standard InChI is InChI=1S/C19H20ClN3O3S/c1-2-8-26-19-12(4-3-7-21-19)11-22-17(24)10-16-18(25)23-14-9-13(20)5-6-15(14)27-16/h3-7,9,16H,2,8,10-11H2,1H3,(H,22,24)(H,23,25). The molecular weight excluding hydrogens is 386 g/mol. The number of carbonyl (C=O) groups excluding carboxylic acids is 2. The number of rotatable bonds is 7. The molecule has 2 heterocycles. The summed E-state index contributed by atoms with van der Waals surface area (Å²) in [4.78, 5) is 29.7. The summed E-state index contributed by atoms with van der Waals surface area (Å²) >= 11 is 7.32. The van der Waals surface area contributed by atoms with Crippen LogP contribution in [0.4, 0.5) is 5.69 Å². The van der Waals surface area contributed by atoms with Gasteiger partial charge in [-0.05, 0) is 30.7 Å². The number of fused-ring (bicyclic) bond motifs is 1. The van der Waals surface area contributed by atoms with E-state index in [0.717, 1.165) is 16.9 Å². The molecule has 0 spiro atoms. The quantitative estimate of drug-likeness (QED) is 0.735. The molecule has 1 aliphatic heterocycles. The van der Waals surface area contributed by atoms with E-state index in [-0.39, 0.29) is 18.2 Å². The molecule has 1 unspecified atom stereocenters. The highest BCUT2D eigenvalue weighted by molar-refractivity contribution is 8.01. The van der Waals surface area contributed by atoms with Crippen molar-refractivity contribution in [1.82, 2.24) is 10.3 Å². The molecule has 8 heteroatoms. The molecule has 27 heavy (non-hydrogen) atoms. The molecule has 1 aromatic heterocycles. The molecule has 3 rings (SSSR count). The second-order valence-electron chi connectivity index (χ2n) is 6.03. The Morgan fingerprint density at radius 2 is 2.26 bits per heavy atom. The number of hydrogen-bond acceptors (Lipinski definition) is 5. The van der Waals surface area contributed by atoms with Crippen molar-refractivity contribution in [3.63, 3.8) is 0 Å². The number of ether oxygens (including phenoxy) is 1. The van der Waals surface area contributed by atoms with Crippen LogP contribution in [-0.4, -0.2) is 28.7 Å². The summed E-state index contributed by atoms with van der Waals surface area (Å²) in [6, 6.07) is 8.98. The maximum atomic E-state index is 12.3. The molecule has 2 N–H and O–H groups in total. The van der Waals surface area contributed by atoms with Crippen molar-refractivity contribution in [3.8, 4) is 5.88 Å². The van der Waals surface area contributed by atoms with Gasteiger partial charge >= 0.3 is 0 Å². The molecule has 2 amide bonds. The molecule has 1 aromatic carbocycles. The molecule has 0 radical (unpaired) electrons. The van der Waals surface area contributed by atoms with E-state index >= 15 is 0 Å². The van der Waals surface area contributed by atoms with Crippen molar-refractivity contribution in [3.05, 3.63) is 47.1 Å². The summed E-state index contributed by atoms with van der Waals surface area (Å²) < 4.78 is 5.59. The zero-order chi connectivity index (χ0) is 19.2. The van der Waals surface area contributed by atoms with Gasteiger partial charge in [0.15, 0.2) is 0 Å². The number of thioether (sulfide) groups is 1. The number of nitrogens with zero attached hydrogens (tertiary/aromatic N) is 1. The number of pyridine rings is 1. The Bertz CT molecular complexity index is 847. The van der Waals surface area contributed by atoms with Gasteiger partial charge in [0, 0.05) is 34.6 Å². The Hall–Kier alpha value is -2.25. The van der Waals surface area contributed by atoms with Crippen LogP contribution in [0.1, 0.15) is 25.3 Å². The number of amides is 2. The minimum absolute atomic E-state index is 0.0873. The predicted octanol–water partition coefficient (Wildman–Crippen LogP) is 3.64. The highest BCUT2D eigenvalue weighted by Gasteiger charge is 2.29. The molecular formula is C19H20ClN3O3S. The lowest BCUT2D eigenvalue weighted by molar-refractivity contribution is -0.124. The molecule has 0 aliphatic carbocycles. The van der Waals surface area contributed by atoms with Crippen LogP contribution < -0.4 is 15.4 Å². The SMILES string of the molecule is CCCOc1ncccc1CNC(=O)CC1Sc2ccc(Cl)cc2NC1=O. The molecule has 0 fully saturated rings. The predicted molar refractivity (Wildman–Crippen MR) is 106 cm³/mol. The Labute approximate surface area is 167 Å². The Morgan fingerprint density at radius 3 is 3.07 bits per heavy atom. The third-order valence-electron chi connectivity index (χ3n) is 3.90. The highest BCUT2D eigenvalue weighted by atomic mass is 35.5. The fraction of sp³-hybridized carbons (Fsp3) is 0.316. The van der Waals surface area contributed by atoms with E-state index in [2.05, 4.69) is 15.6 Å². The van der Waals surface area contributed by atoms with Crippen molar-refractivity contribution >= 4 is 40.9 Å². The molecule has 1 aliphatic rings. The van der Waals surface area contributed by atoms with E-state index in [9.17, 15) is 9.59 Å². The van der Waals surface area contributed by atoms with Crippen LogP contribution in [0.15, 0.2) is 41.4 Å². The summed E-state index contributed by atoms with van der Waals surface area (Å²) in [7, 11) is 0. The number of carbonyl (C=O) groups is 2. The number of halogens is 1. The fourth-order valence-electron chi connectivity index (χ4n) is 2.58. The van der Waals surface area contributed by atoms with Crippen molar-refractivity contribution in [2.45, 2.75) is 36.5 Å². The second kappa shape index (κ2) is 9.10. The van der Waals surface area contributed by atoms with Gasteiger partial charge in [-0.1, -0.05) is 24.6 Å². The van der Waals surface area contributed by atoms with Gasteiger partial charge in [-0.2, -0.15) is 0 Å². The van der Waals surface area contributed by atoms with Gasteiger partial charge in [0.25, 0.3) is 0 Å². The average molecular weight is 406 g/mol. The maximum Gasteiger partial charge on any atom is 0.238 e. The molecule has 6 nitrogen and oxygen atoms in total. The smallest absolute Gasteiger partial charge is 0.238 e. The van der Waals surface area contributed by atoms with Gasteiger partial charge in [0.1, 0.15) is 0 Å². The van der Waals surface area contributed by atoms with Crippen molar-refractivity contribution in [2.75, 3.05) is 11.9 Å². The first-order chi connectivity index (χ1) is 13.1. The molecule has 0 bridgehead atoms. The van der Waals surface area contributed by atoms with Crippen LogP contribution in [0, 0.1) is 0 Å². The van der Waals surface area contributed by atoms with Crippen LogP contribution >= 0.6 is 23.4 Å². The van der Waals surface area contributed by atoms with Gasteiger partial charge in [-0.3, -0.25) is 9.59 Å². The van der Waals surface area contributed by atoms with Crippen molar-refractivity contribution in [1.29, 1.82) is 0 Å². The number of anilines is 1. The number of benzene rings is 1. The Morgan fingerprint density at radius 1 is 1.41 bits per heavy atom. The number of nitrogens with one attached hydrogen (secondary N) is 2. The van der Waals surface area contributed by atoms with E-state index in [1.807, 2.05) is 19.1 Å². The lowest BCUT2D eigenvalue weighted by Gasteiger charge is -2.23. The summed E-state index contributed by atoms with van der Waals surface area (Å²) in [6.45, 7) is 2.89. The van der Waals surface area contributed by atoms with Gasteiger partial charge in [-0.15, -0.1) is 11.8 Å². The third kappa shape index (κ3) is 5.14. The topological polar surface area (TPSA) is 80.3 Å². The molecule has 0 saturated carbocycles. The fourth-order valence-corrected chi connectivity index (χ4v) is 3.84. The van der Waals surface area contributed by atoms with Gasteiger partial charge < -0.3 is 15.4 Å². The highest BCUT2D eigenvalue weighted by Crippen LogP contribution is 2.38. The van der Waals surface area contributed by atoms with E-state index < -0.39 is 5.25 Å². The van der Waals surface area contributed by atoms with Crippen LogP contribution in [0.2, 0.25) is 5.02 Å². The minimum Gasteiger partial charge on any atom is -0.477 e. The normalized spacial score (nSPS) is 15.6. The monoisotopic (exact) mass is 405 g/mol. The first-order valence-corrected chi connectivity index (χ1v) is 9.93. The van der Waals surface area contributed by atoms with Crippen LogP contribution in [0.25, 0.3) is 0 Å². The molecule has 1 atom stereocenters. The average Bonchev–Trinajstić information content (AvgIpc) is 2.66. The zero-order valence-electron chi connectivity index (χ0n) is 14.8. The molecule has 0 saturated heterocycles. The number of aromatic nitrogens is 1. The first-order valence-electron chi connectivity index (χ1n) is 8.67. The van der Waals surface area contributed by atoms with Crippen molar-refractivity contribution < 1.29 is 14.3 Å². The van der Waals surface area contributed by atoms with E-state index in [4.69, 9.17) is 16.3 Å². The third-order valence-corrected chi connectivity index (χ3v) is 5.41. The second-order valence-corrected chi connectivity index (χ2v) is 7.71. The first kappa shape index (κ1) is 19.5. The maximum absolute atomic E-state index is 12.3. The number of hydrogen-bond donors (Lipinski definition) is 2. The van der Waals surface area contributed by atoms with Gasteiger partial charge in [0.05, 0.1) is 17.5 Å². The van der Waals surface area contributed by atoms with E-state index in [1.54, 1.807) is 24.4 Å². The van der Waals surface area contributed by atoms with E-state index in [1.165, 1.54) is 11.8 Å². The van der Waals surface area contributed by atoms with Crippen LogP contribution in [-0.2, 0) is 16.1 Å².